The van der Waals surface area contributed by atoms with E-state index in [0.717, 1.165) is 10.2 Å². The smallest absolute Gasteiger partial charge is 0.243 e. The molecule has 2 aromatic carbocycles. The number of nitrogens with one attached hydrogen (secondary N) is 2. The molecule has 7 heteroatoms. The van der Waals surface area contributed by atoms with Gasteiger partial charge in [-0.3, -0.25) is 4.79 Å². The molecule has 1 heterocycles. The van der Waals surface area contributed by atoms with Crippen molar-refractivity contribution in [2.45, 2.75) is 0 Å². The van der Waals surface area contributed by atoms with E-state index >= 15 is 0 Å². The molecule has 2 aromatic rings. The van der Waals surface area contributed by atoms with Crippen LogP contribution in [0.15, 0.2) is 40.9 Å². The number of amides is 1. The van der Waals surface area contributed by atoms with Gasteiger partial charge in [-0.15, -0.1) is 0 Å². The van der Waals surface area contributed by atoms with Crippen LogP contribution in [0.1, 0.15) is 0 Å². The highest BCUT2D eigenvalue weighted by atomic mass is 79.9. The van der Waals surface area contributed by atoms with Crippen LogP contribution in [0.25, 0.3) is 0 Å². The third kappa shape index (κ3) is 3.89. The molecule has 0 atom stereocenters. The predicted octanol–water partition coefficient (Wildman–Crippen LogP) is 3.92. The molecule has 0 aromatic heterocycles. The second-order valence-corrected chi connectivity index (χ2v) is 6.12. The van der Waals surface area contributed by atoms with Gasteiger partial charge >= 0.3 is 0 Å². The Morgan fingerprint density at radius 1 is 1.13 bits per heavy atom. The van der Waals surface area contributed by atoms with Crippen LogP contribution >= 0.6 is 27.5 Å². The molecular weight excluding hydrogens is 384 g/mol. The molecule has 0 saturated heterocycles. The zero-order valence-electron chi connectivity index (χ0n) is 12.1. The van der Waals surface area contributed by atoms with Gasteiger partial charge in [-0.25, -0.2) is 0 Å². The number of benzene rings is 2. The third-order valence-electron chi connectivity index (χ3n) is 3.22. The molecule has 2 N–H and O–H groups in total. The number of para-hydroxylation sites is 1. The average molecular weight is 398 g/mol. The SMILES string of the molecule is O=C(CNc1ccccc1Br)Nc1cc2c(cc1Cl)OCCO2. The topological polar surface area (TPSA) is 59.6 Å². The molecule has 0 aliphatic carbocycles. The number of rotatable bonds is 4. The van der Waals surface area contributed by atoms with Crippen molar-refractivity contribution in [3.63, 3.8) is 0 Å². The van der Waals surface area contributed by atoms with Gasteiger partial charge in [0.15, 0.2) is 11.5 Å². The maximum absolute atomic E-state index is 12.1. The van der Waals surface area contributed by atoms with E-state index in [9.17, 15) is 4.79 Å². The quantitative estimate of drug-likeness (QED) is 0.821. The molecule has 0 spiro atoms. The van der Waals surface area contributed by atoms with Gasteiger partial charge in [0.2, 0.25) is 5.91 Å². The highest BCUT2D eigenvalue weighted by Gasteiger charge is 2.16. The van der Waals surface area contributed by atoms with E-state index in [0.29, 0.717) is 35.4 Å². The van der Waals surface area contributed by atoms with E-state index < -0.39 is 0 Å². The predicted molar refractivity (Wildman–Crippen MR) is 93.7 cm³/mol. The van der Waals surface area contributed by atoms with Gasteiger partial charge in [0.1, 0.15) is 13.2 Å². The normalized spacial score (nSPS) is 12.6. The van der Waals surface area contributed by atoms with Crippen molar-refractivity contribution in [3.8, 4) is 11.5 Å². The number of hydrogen-bond acceptors (Lipinski definition) is 4. The van der Waals surface area contributed by atoms with Gasteiger partial charge in [-0.1, -0.05) is 23.7 Å². The lowest BCUT2D eigenvalue weighted by atomic mass is 10.2. The summed E-state index contributed by atoms with van der Waals surface area (Å²) in [6.07, 6.45) is 0. The van der Waals surface area contributed by atoms with Crippen molar-refractivity contribution in [2.24, 2.45) is 0 Å². The van der Waals surface area contributed by atoms with Gasteiger partial charge < -0.3 is 20.1 Å². The van der Waals surface area contributed by atoms with Crippen molar-refractivity contribution >= 4 is 44.8 Å². The zero-order chi connectivity index (χ0) is 16.2. The fraction of sp³-hybridized carbons (Fsp3) is 0.188. The summed E-state index contributed by atoms with van der Waals surface area (Å²) in [7, 11) is 0. The monoisotopic (exact) mass is 396 g/mol. The highest BCUT2D eigenvalue weighted by molar-refractivity contribution is 9.10. The first-order valence-electron chi connectivity index (χ1n) is 7.01. The summed E-state index contributed by atoms with van der Waals surface area (Å²) in [5, 5.41) is 6.23. The van der Waals surface area contributed by atoms with Crippen LogP contribution in [-0.4, -0.2) is 25.7 Å². The molecule has 120 valence electrons. The van der Waals surface area contributed by atoms with Crippen LogP contribution in [0.2, 0.25) is 5.02 Å². The van der Waals surface area contributed by atoms with Crippen LogP contribution in [0.4, 0.5) is 11.4 Å². The Balaban J connectivity index is 1.65. The minimum absolute atomic E-state index is 0.118. The lowest BCUT2D eigenvalue weighted by Gasteiger charge is -2.20. The summed E-state index contributed by atoms with van der Waals surface area (Å²) in [5.41, 5.74) is 1.34. The van der Waals surface area contributed by atoms with Crippen LogP contribution < -0.4 is 20.1 Å². The number of ether oxygens (including phenoxy) is 2. The number of carbonyl (C=O) groups is 1. The molecule has 0 unspecified atom stereocenters. The Labute approximate surface area is 147 Å². The molecule has 23 heavy (non-hydrogen) atoms. The molecule has 0 saturated carbocycles. The first-order valence-corrected chi connectivity index (χ1v) is 8.18. The molecule has 5 nitrogen and oxygen atoms in total. The number of carbonyl (C=O) groups excluding carboxylic acids is 1. The minimum atomic E-state index is -0.209. The van der Waals surface area contributed by atoms with Crippen LogP contribution in [0.5, 0.6) is 11.5 Å². The van der Waals surface area contributed by atoms with Crippen LogP contribution in [0, 0.1) is 0 Å². The Bertz CT molecular complexity index is 739. The molecule has 1 amide bonds. The fourth-order valence-electron chi connectivity index (χ4n) is 2.13. The largest absolute Gasteiger partial charge is 0.486 e. The van der Waals surface area contributed by atoms with E-state index in [1.54, 1.807) is 12.1 Å². The number of halogens is 2. The zero-order valence-corrected chi connectivity index (χ0v) is 14.4. The fourth-order valence-corrected chi connectivity index (χ4v) is 2.76. The number of fused-ring (bicyclic) bond motifs is 1. The lowest BCUT2D eigenvalue weighted by Crippen LogP contribution is -2.22. The maximum Gasteiger partial charge on any atom is 0.243 e. The highest BCUT2D eigenvalue weighted by Crippen LogP contribution is 2.37. The summed E-state index contributed by atoms with van der Waals surface area (Å²) in [6, 6.07) is 10.9. The van der Waals surface area contributed by atoms with Gasteiger partial charge in [0.05, 0.1) is 17.3 Å². The summed E-state index contributed by atoms with van der Waals surface area (Å²) in [5.74, 6) is 0.958. The second kappa shape index (κ2) is 7.10. The Kier molecular flexibility index (Phi) is 4.93. The summed E-state index contributed by atoms with van der Waals surface area (Å²) < 4.78 is 11.8. The van der Waals surface area contributed by atoms with Gasteiger partial charge in [-0.05, 0) is 28.1 Å². The maximum atomic E-state index is 12.1. The molecule has 0 bridgehead atoms. The molecular formula is C16H14BrClN2O3. The first-order chi connectivity index (χ1) is 11.1. The summed E-state index contributed by atoms with van der Waals surface area (Å²) in [6.45, 7) is 1.09. The molecule has 1 aliphatic heterocycles. The standard InChI is InChI=1S/C16H14BrClN2O3/c17-10-3-1-2-4-12(10)19-9-16(21)20-13-8-15-14(7-11(13)18)22-5-6-23-15/h1-4,7-8,19H,5-6,9H2,(H,20,21). The Morgan fingerprint density at radius 2 is 1.83 bits per heavy atom. The summed E-state index contributed by atoms with van der Waals surface area (Å²) >= 11 is 9.59. The van der Waals surface area contributed by atoms with Crippen LogP contribution in [0.3, 0.4) is 0 Å². The van der Waals surface area contributed by atoms with Gasteiger partial charge in [-0.2, -0.15) is 0 Å². The van der Waals surface area contributed by atoms with E-state index in [1.807, 2.05) is 24.3 Å². The lowest BCUT2D eigenvalue weighted by molar-refractivity contribution is -0.114. The average Bonchev–Trinajstić information content (AvgIpc) is 2.55. The van der Waals surface area contributed by atoms with E-state index in [-0.39, 0.29) is 12.5 Å². The first kappa shape index (κ1) is 16.0. The number of anilines is 2. The van der Waals surface area contributed by atoms with Crippen molar-refractivity contribution in [1.29, 1.82) is 0 Å². The van der Waals surface area contributed by atoms with Gasteiger partial charge in [0, 0.05) is 22.3 Å². The summed E-state index contributed by atoms with van der Waals surface area (Å²) in [4.78, 5) is 12.1. The van der Waals surface area contributed by atoms with Gasteiger partial charge in [0.25, 0.3) is 0 Å². The molecule has 3 rings (SSSR count). The Hall–Kier alpha value is -1.92. The van der Waals surface area contributed by atoms with Crippen molar-refractivity contribution in [1.82, 2.24) is 0 Å². The van der Waals surface area contributed by atoms with E-state index in [1.165, 1.54) is 0 Å². The molecule has 1 aliphatic rings. The Morgan fingerprint density at radius 3 is 2.57 bits per heavy atom. The molecule has 0 fully saturated rings. The van der Waals surface area contributed by atoms with E-state index in [4.69, 9.17) is 21.1 Å². The van der Waals surface area contributed by atoms with Crippen molar-refractivity contribution in [3.05, 3.63) is 45.9 Å². The second-order valence-electron chi connectivity index (χ2n) is 4.86. The number of hydrogen-bond donors (Lipinski definition) is 2. The third-order valence-corrected chi connectivity index (χ3v) is 4.22. The minimum Gasteiger partial charge on any atom is -0.486 e. The van der Waals surface area contributed by atoms with Crippen molar-refractivity contribution in [2.75, 3.05) is 30.4 Å². The van der Waals surface area contributed by atoms with Crippen LogP contribution in [-0.2, 0) is 4.79 Å². The van der Waals surface area contributed by atoms with Crippen molar-refractivity contribution < 1.29 is 14.3 Å². The van der Waals surface area contributed by atoms with E-state index in [2.05, 4.69) is 26.6 Å². The molecule has 0 radical (unpaired) electrons.